The minimum absolute atomic E-state index is 0.152. The fraction of sp³-hybridized carbons (Fsp3) is 0.857. The summed E-state index contributed by atoms with van der Waals surface area (Å²) in [5.41, 5.74) is 0. The van der Waals surface area contributed by atoms with Crippen molar-refractivity contribution in [2.75, 3.05) is 32.7 Å². The first-order valence-corrected chi connectivity index (χ1v) is 7.17. The summed E-state index contributed by atoms with van der Waals surface area (Å²) in [6.07, 6.45) is 5.60. The second kappa shape index (κ2) is 6.32. The second-order valence-corrected chi connectivity index (χ2v) is 5.58. The van der Waals surface area contributed by atoms with E-state index in [1.54, 1.807) is 6.92 Å². The van der Waals surface area contributed by atoms with E-state index in [0.717, 1.165) is 45.4 Å². The molecule has 1 saturated heterocycles. The Kier molecular flexibility index (Phi) is 4.75. The van der Waals surface area contributed by atoms with Crippen LogP contribution in [0.5, 0.6) is 0 Å². The van der Waals surface area contributed by atoms with Gasteiger partial charge in [-0.2, -0.15) is 0 Å². The summed E-state index contributed by atoms with van der Waals surface area (Å²) in [5, 5.41) is 0. The summed E-state index contributed by atoms with van der Waals surface area (Å²) in [4.78, 5) is 27.6. The maximum Gasteiger partial charge on any atom is 0.219 e. The largest absolute Gasteiger partial charge is 0.342 e. The van der Waals surface area contributed by atoms with E-state index in [2.05, 4.69) is 4.90 Å². The number of hydrogen-bond acceptors (Lipinski definition) is 3. The van der Waals surface area contributed by atoms with Crippen molar-refractivity contribution in [1.82, 2.24) is 9.80 Å². The number of Topliss-reactive ketones (excluding diaryl/α,β-unsaturated/α-hetero) is 1. The number of ketones is 1. The molecule has 0 aromatic rings. The van der Waals surface area contributed by atoms with Gasteiger partial charge in [0.15, 0.2) is 0 Å². The van der Waals surface area contributed by atoms with Crippen LogP contribution in [0.4, 0.5) is 0 Å². The molecule has 2 rings (SSSR count). The smallest absolute Gasteiger partial charge is 0.219 e. The Morgan fingerprint density at radius 1 is 1.00 bits per heavy atom. The minimum atomic E-state index is 0.152. The monoisotopic (exact) mass is 252 g/mol. The van der Waals surface area contributed by atoms with Crippen LogP contribution in [0.1, 0.15) is 39.0 Å². The normalized spacial score (nSPS) is 23.1. The van der Waals surface area contributed by atoms with Gasteiger partial charge in [0.05, 0.1) is 6.54 Å². The average molecular weight is 252 g/mol. The van der Waals surface area contributed by atoms with Crippen LogP contribution in [0.15, 0.2) is 0 Å². The Morgan fingerprint density at radius 3 is 2.39 bits per heavy atom. The first-order valence-electron chi connectivity index (χ1n) is 7.17. The molecule has 1 saturated carbocycles. The van der Waals surface area contributed by atoms with Crippen molar-refractivity contribution in [2.45, 2.75) is 39.0 Å². The van der Waals surface area contributed by atoms with Gasteiger partial charge in [-0.25, -0.2) is 0 Å². The summed E-state index contributed by atoms with van der Waals surface area (Å²) in [6.45, 7) is 5.62. The first-order chi connectivity index (χ1) is 8.66. The molecule has 1 heterocycles. The van der Waals surface area contributed by atoms with Crippen molar-refractivity contribution < 1.29 is 9.59 Å². The lowest BCUT2D eigenvalue weighted by Gasteiger charge is -2.21. The van der Waals surface area contributed by atoms with Gasteiger partial charge in [0.2, 0.25) is 5.91 Å². The number of carbonyl (C=O) groups is 2. The molecule has 0 radical (unpaired) electrons. The van der Waals surface area contributed by atoms with Crippen LogP contribution in [-0.2, 0) is 9.59 Å². The summed E-state index contributed by atoms with van der Waals surface area (Å²) < 4.78 is 0. The lowest BCUT2D eigenvalue weighted by molar-refractivity contribution is -0.128. The third kappa shape index (κ3) is 3.55. The highest BCUT2D eigenvalue weighted by Crippen LogP contribution is 2.25. The van der Waals surface area contributed by atoms with Gasteiger partial charge < -0.3 is 4.90 Å². The van der Waals surface area contributed by atoms with E-state index in [-0.39, 0.29) is 5.91 Å². The van der Waals surface area contributed by atoms with Crippen molar-refractivity contribution >= 4 is 11.7 Å². The molecule has 1 amide bonds. The molecule has 102 valence electrons. The fourth-order valence-corrected chi connectivity index (χ4v) is 3.04. The predicted octanol–water partition coefficient (Wildman–Crippen LogP) is 1.30. The summed E-state index contributed by atoms with van der Waals surface area (Å²) >= 11 is 0. The highest BCUT2D eigenvalue weighted by molar-refractivity contribution is 5.83. The van der Waals surface area contributed by atoms with E-state index in [1.807, 2.05) is 4.90 Å². The van der Waals surface area contributed by atoms with Crippen molar-refractivity contribution in [2.24, 2.45) is 5.92 Å². The number of rotatable bonds is 3. The molecule has 0 unspecified atom stereocenters. The molecule has 1 aliphatic carbocycles. The SMILES string of the molecule is CC(=O)N1CCCN(CC(=O)C2CCCC2)CC1. The number of hydrogen-bond donors (Lipinski definition) is 0. The van der Waals surface area contributed by atoms with Gasteiger partial charge in [0.25, 0.3) is 0 Å². The van der Waals surface area contributed by atoms with Crippen LogP contribution in [-0.4, -0.2) is 54.2 Å². The molecular weight excluding hydrogens is 228 g/mol. The van der Waals surface area contributed by atoms with Crippen LogP contribution in [0, 0.1) is 5.92 Å². The fourth-order valence-electron chi connectivity index (χ4n) is 3.04. The van der Waals surface area contributed by atoms with Crippen molar-refractivity contribution in [3.63, 3.8) is 0 Å². The van der Waals surface area contributed by atoms with E-state index in [9.17, 15) is 9.59 Å². The Hall–Kier alpha value is -0.900. The first kappa shape index (κ1) is 13.5. The molecule has 0 spiro atoms. The molecule has 4 heteroatoms. The molecule has 2 aliphatic rings. The Morgan fingerprint density at radius 2 is 1.72 bits per heavy atom. The van der Waals surface area contributed by atoms with E-state index in [0.29, 0.717) is 18.2 Å². The standard InChI is InChI=1S/C14H24N2O2/c1-12(17)16-8-4-7-15(9-10-16)11-14(18)13-5-2-3-6-13/h13H,2-11H2,1H3. The van der Waals surface area contributed by atoms with Crippen LogP contribution >= 0.6 is 0 Å². The Labute approximate surface area is 109 Å². The molecule has 0 aromatic carbocycles. The number of amides is 1. The van der Waals surface area contributed by atoms with Crippen LogP contribution in [0.3, 0.4) is 0 Å². The predicted molar refractivity (Wildman–Crippen MR) is 70.3 cm³/mol. The maximum absolute atomic E-state index is 12.1. The number of nitrogens with zero attached hydrogens (tertiary/aromatic N) is 2. The van der Waals surface area contributed by atoms with E-state index < -0.39 is 0 Å². The lowest BCUT2D eigenvalue weighted by Crippen LogP contribution is -2.37. The molecule has 18 heavy (non-hydrogen) atoms. The molecule has 0 aromatic heterocycles. The third-order valence-corrected chi connectivity index (χ3v) is 4.22. The van der Waals surface area contributed by atoms with Crippen LogP contribution in [0.25, 0.3) is 0 Å². The van der Waals surface area contributed by atoms with Crippen LogP contribution < -0.4 is 0 Å². The zero-order valence-corrected chi connectivity index (χ0v) is 11.4. The van der Waals surface area contributed by atoms with Crippen LogP contribution in [0.2, 0.25) is 0 Å². The lowest BCUT2D eigenvalue weighted by atomic mass is 10.0. The second-order valence-electron chi connectivity index (χ2n) is 5.58. The van der Waals surface area contributed by atoms with E-state index in [1.165, 1.54) is 12.8 Å². The quantitative estimate of drug-likeness (QED) is 0.760. The van der Waals surface area contributed by atoms with Crippen molar-refractivity contribution in [3.8, 4) is 0 Å². The van der Waals surface area contributed by atoms with Gasteiger partial charge in [-0.1, -0.05) is 12.8 Å². The molecule has 1 aliphatic heterocycles. The zero-order valence-electron chi connectivity index (χ0n) is 11.4. The van der Waals surface area contributed by atoms with Gasteiger partial charge in [0, 0.05) is 39.0 Å². The highest BCUT2D eigenvalue weighted by Gasteiger charge is 2.25. The van der Waals surface area contributed by atoms with Crippen molar-refractivity contribution in [3.05, 3.63) is 0 Å². The van der Waals surface area contributed by atoms with E-state index >= 15 is 0 Å². The summed E-state index contributed by atoms with van der Waals surface area (Å²) in [7, 11) is 0. The summed E-state index contributed by atoms with van der Waals surface area (Å²) in [6, 6.07) is 0. The molecule has 0 N–H and O–H groups in total. The maximum atomic E-state index is 12.1. The Bertz CT molecular complexity index is 311. The highest BCUT2D eigenvalue weighted by atomic mass is 16.2. The zero-order chi connectivity index (χ0) is 13.0. The van der Waals surface area contributed by atoms with Gasteiger partial charge in [-0.15, -0.1) is 0 Å². The number of carbonyl (C=O) groups excluding carboxylic acids is 2. The molecule has 0 bridgehead atoms. The third-order valence-electron chi connectivity index (χ3n) is 4.22. The molecular formula is C14H24N2O2. The Balaban J connectivity index is 1.79. The summed E-state index contributed by atoms with van der Waals surface area (Å²) in [5.74, 6) is 0.889. The van der Waals surface area contributed by atoms with Crippen molar-refractivity contribution in [1.29, 1.82) is 0 Å². The molecule has 4 nitrogen and oxygen atoms in total. The topological polar surface area (TPSA) is 40.6 Å². The van der Waals surface area contributed by atoms with E-state index in [4.69, 9.17) is 0 Å². The molecule has 0 atom stereocenters. The van der Waals surface area contributed by atoms with Gasteiger partial charge in [-0.05, 0) is 19.3 Å². The van der Waals surface area contributed by atoms with Gasteiger partial charge in [-0.3, -0.25) is 14.5 Å². The average Bonchev–Trinajstić information content (AvgIpc) is 2.77. The van der Waals surface area contributed by atoms with Gasteiger partial charge in [0.1, 0.15) is 5.78 Å². The molecule has 2 fully saturated rings. The minimum Gasteiger partial charge on any atom is -0.342 e. The van der Waals surface area contributed by atoms with Gasteiger partial charge >= 0.3 is 0 Å².